The molecular formula is C22H32O3. The monoisotopic (exact) mass is 344 g/mol. The van der Waals surface area contributed by atoms with Gasteiger partial charge >= 0.3 is 5.97 Å². The lowest BCUT2D eigenvalue weighted by Gasteiger charge is -2.32. The highest BCUT2D eigenvalue weighted by Crippen LogP contribution is 2.51. The van der Waals surface area contributed by atoms with E-state index in [1.165, 1.54) is 18.1 Å². The summed E-state index contributed by atoms with van der Waals surface area (Å²) in [5.41, 5.74) is 3.30. The second-order valence-corrected chi connectivity index (χ2v) is 8.09. The largest absolute Gasteiger partial charge is 0.461 e. The van der Waals surface area contributed by atoms with E-state index in [1.807, 2.05) is 6.92 Å². The molecule has 0 aromatic heterocycles. The van der Waals surface area contributed by atoms with Crippen LogP contribution >= 0.6 is 0 Å². The molecule has 2 rings (SSSR count). The molecule has 2 aliphatic rings. The summed E-state index contributed by atoms with van der Waals surface area (Å²) >= 11 is 0. The predicted octanol–water partition coefficient (Wildman–Crippen LogP) is 5.17. The van der Waals surface area contributed by atoms with Crippen molar-refractivity contribution in [1.82, 2.24) is 0 Å². The number of ether oxygens (including phenoxy) is 1. The zero-order valence-electron chi connectivity index (χ0n) is 16.2. The van der Waals surface area contributed by atoms with Crippen LogP contribution in [-0.4, -0.2) is 18.4 Å². The topological polar surface area (TPSA) is 43.4 Å². The summed E-state index contributed by atoms with van der Waals surface area (Å²) in [7, 11) is 0. The molecule has 3 atom stereocenters. The van der Waals surface area contributed by atoms with Crippen molar-refractivity contribution in [1.29, 1.82) is 0 Å². The molecule has 0 N–H and O–H groups in total. The van der Waals surface area contributed by atoms with Crippen molar-refractivity contribution in [3.05, 3.63) is 35.5 Å². The van der Waals surface area contributed by atoms with Crippen LogP contribution in [0.1, 0.15) is 66.2 Å². The summed E-state index contributed by atoms with van der Waals surface area (Å²) in [6, 6.07) is 0. The van der Waals surface area contributed by atoms with E-state index in [1.54, 1.807) is 0 Å². The Morgan fingerprint density at radius 3 is 2.68 bits per heavy atom. The van der Waals surface area contributed by atoms with Crippen LogP contribution in [0.25, 0.3) is 0 Å². The van der Waals surface area contributed by atoms with E-state index in [0.717, 1.165) is 37.7 Å². The number of carbonyl (C=O) groups is 2. The lowest BCUT2D eigenvalue weighted by Crippen LogP contribution is -2.30. The van der Waals surface area contributed by atoms with Crippen LogP contribution in [0.3, 0.4) is 0 Å². The fourth-order valence-electron chi connectivity index (χ4n) is 4.24. The first-order chi connectivity index (χ1) is 11.7. The van der Waals surface area contributed by atoms with E-state index in [4.69, 9.17) is 4.74 Å². The summed E-state index contributed by atoms with van der Waals surface area (Å²) in [6.07, 6.45) is 9.78. The van der Waals surface area contributed by atoms with Gasteiger partial charge in [0.05, 0.1) is 0 Å². The number of ketones is 1. The summed E-state index contributed by atoms with van der Waals surface area (Å²) < 4.78 is 5.23. The maximum absolute atomic E-state index is 12.8. The molecule has 2 aliphatic carbocycles. The minimum Gasteiger partial charge on any atom is -0.461 e. The van der Waals surface area contributed by atoms with Crippen LogP contribution in [0.2, 0.25) is 0 Å². The Morgan fingerprint density at radius 1 is 1.32 bits per heavy atom. The van der Waals surface area contributed by atoms with E-state index in [-0.39, 0.29) is 23.2 Å². The van der Waals surface area contributed by atoms with Crippen LogP contribution in [-0.2, 0) is 14.3 Å². The van der Waals surface area contributed by atoms with Crippen molar-refractivity contribution < 1.29 is 14.3 Å². The highest BCUT2D eigenvalue weighted by atomic mass is 16.5. The highest BCUT2D eigenvalue weighted by Gasteiger charge is 2.50. The Balaban J connectivity index is 2.33. The van der Waals surface area contributed by atoms with Gasteiger partial charge in [0.2, 0.25) is 0 Å². The standard InChI is InChI=1S/C22H32O3/c1-15(2)19-13-21(24)22(5)12-11-16(3)7-6-8-18(9-10-20(19)22)14-25-17(4)23/h9,11,19-20H,1,6-8,10,12-14H2,2-5H3/t19-,20+,22-/m1/s1. The number of rotatable bonds is 3. The summed E-state index contributed by atoms with van der Waals surface area (Å²) in [5.74, 6) is 0.640. The van der Waals surface area contributed by atoms with Gasteiger partial charge in [-0.15, -0.1) is 0 Å². The molecule has 0 unspecified atom stereocenters. The maximum Gasteiger partial charge on any atom is 0.302 e. The van der Waals surface area contributed by atoms with Crippen LogP contribution in [0.15, 0.2) is 35.5 Å². The van der Waals surface area contributed by atoms with Gasteiger partial charge in [-0.25, -0.2) is 0 Å². The van der Waals surface area contributed by atoms with Crippen LogP contribution in [0.4, 0.5) is 0 Å². The number of hydrogen-bond acceptors (Lipinski definition) is 3. The SMILES string of the molecule is C=C(C)[C@H]1CC(=O)[C@]2(C)CC=C(C)CCCC(COC(C)=O)=CC[C@@H]12. The first kappa shape index (κ1) is 19.7. The van der Waals surface area contributed by atoms with Crippen LogP contribution in [0.5, 0.6) is 0 Å². The van der Waals surface area contributed by atoms with Crippen molar-refractivity contribution >= 4 is 11.8 Å². The number of allylic oxidation sites excluding steroid dienone is 4. The first-order valence-electron chi connectivity index (χ1n) is 9.39. The van der Waals surface area contributed by atoms with Gasteiger partial charge in [-0.1, -0.05) is 36.8 Å². The number of hydrogen-bond donors (Lipinski definition) is 0. The minimum absolute atomic E-state index is 0.244. The molecule has 0 aromatic rings. The lowest BCUT2D eigenvalue weighted by atomic mass is 9.71. The third kappa shape index (κ3) is 4.71. The van der Waals surface area contributed by atoms with Gasteiger partial charge < -0.3 is 4.74 Å². The third-order valence-electron chi connectivity index (χ3n) is 6.04. The quantitative estimate of drug-likeness (QED) is 0.524. The van der Waals surface area contributed by atoms with E-state index < -0.39 is 0 Å². The summed E-state index contributed by atoms with van der Waals surface area (Å²) in [6.45, 7) is 12.3. The third-order valence-corrected chi connectivity index (χ3v) is 6.04. The molecule has 0 bridgehead atoms. The van der Waals surface area contributed by atoms with Crippen molar-refractivity contribution in [2.75, 3.05) is 6.61 Å². The van der Waals surface area contributed by atoms with Gasteiger partial charge in [-0.2, -0.15) is 0 Å². The zero-order chi connectivity index (χ0) is 18.6. The normalized spacial score (nSPS) is 30.6. The molecule has 0 amide bonds. The Labute approximate surface area is 152 Å². The fourth-order valence-corrected chi connectivity index (χ4v) is 4.24. The van der Waals surface area contributed by atoms with Crippen LogP contribution < -0.4 is 0 Å². The van der Waals surface area contributed by atoms with Gasteiger partial charge in [-0.3, -0.25) is 9.59 Å². The molecule has 0 spiro atoms. The maximum atomic E-state index is 12.8. The molecule has 0 radical (unpaired) electrons. The zero-order valence-corrected chi connectivity index (χ0v) is 16.2. The molecule has 1 saturated carbocycles. The lowest BCUT2D eigenvalue weighted by molar-refractivity contribution is -0.140. The van der Waals surface area contributed by atoms with E-state index in [2.05, 4.69) is 32.6 Å². The Hall–Kier alpha value is -1.64. The van der Waals surface area contributed by atoms with Gasteiger partial charge in [0, 0.05) is 18.8 Å². The molecule has 25 heavy (non-hydrogen) atoms. The molecule has 0 saturated heterocycles. The molecule has 1 fully saturated rings. The number of esters is 1. The van der Waals surface area contributed by atoms with E-state index in [0.29, 0.717) is 18.8 Å². The average Bonchev–Trinajstić information content (AvgIpc) is 2.78. The minimum atomic E-state index is -0.321. The summed E-state index contributed by atoms with van der Waals surface area (Å²) in [4.78, 5) is 24.0. The van der Waals surface area contributed by atoms with Gasteiger partial charge in [0.15, 0.2) is 0 Å². The molecule has 0 aliphatic heterocycles. The fraction of sp³-hybridized carbons (Fsp3) is 0.636. The van der Waals surface area contributed by atoms with Crippen molar-refractivity contribution in [2.45, 2.75) is 66.2 Å². The summed E-state index contributed by atoms with van der Waals surface area (Å²) in [5, 5.41) is 0. The Bertz CT molecular complexity index is 611. The smallest absolute Gasteiger partial charge is 0.302 e. The highest BCUT2D eigenvalue weighted by molar-refractivity contribution is 5.88. The second kappa shape index (κ2) is 8.16. The van der Waals surface area contributed by atoms with Gasteiger partial charge in [-0.05, 0) is 63.4 Å². The Kier molecular flexibility index (Phi) is 6.42. The molecule has 0 heterocycles. The molecule has 3 heteroatoms. The number of fused-ring (bicyclic) bond motifs is 1. The van der Waals surface area contributed by atoms with Crippen LogP contribution in [0, 0.1) is 17.3 Å². The van der Waals surface area contributed by atoms with Crippen molar-refractivity contribution in [3.8, 4) is 0 Å². The molecule has 3 nitrogen and oxygen atoms in total. The second-order valence-electron chi connectivity index (χ2n) is 8.09. The first-order valence-corrected chi connectivity index (χ1v) is 9.39. The Morgan fingerprint density at radius 2 is 2.04 bits per heavy atom. The van der Waals surface area contributed by atoms with Gasteiger partial charge in [0.1, 0.15) is 12.4 Å². The predicted molar refractivity (Wildman–Crippen MR) is 101 cm³/mol. The molecule has 0 aromatic carbocycles. The average molecular weight is 344 g/mol. The van der Waals surface area contributed by atoms with Gasteiger partial charge in [0.25, 0.3) is 0 Å². The number of carbonyl (C=O) groups excluding carboxylic acids is 2. The van der Waals surface area contributed by atoms with Crippen molar-refractivity contribution in [2.24, 2.45) is 17.3 Å². The van der Waals surface area contributed by atoms with Crippen molar-refractivity contribution in [3.63, 3.8) is 0 Å². The molecule has 138 valence electrons. The van der Waals surface area contributed by atoms with E-state index >= 15 is 0 Å². The number of Topliss-reactive ketones (excluding diaryl/α,β-unsaturated/α-hetero) is 1. The van der Waals surface area contributed by atoms with E-state index in [9.17, 15) is 9.59 Å². The molecular weight excluding hydrogens is 312 g/mol.